The van der Waals surface area contributed by atoms with E-state index in [1.165, 1.54) is 6.42 Å². The van der Waals surface area contributed by atoms with Gasteiger partial charge < -0.3 is 10.6 Å². The Balaban J connectivity index is 1.96. The zero-order valence-corrected chi connectivity index (χ0v) is 10.3. The van der Waals surface area contributed by atoms with Crippen LogP contribution in [0.2, 0.25) is 0 Å². The molecule has 1 aromatic heterocycles. The number of carbonyl (C=O) groups is 1. The normalized spacial score (nSPS) is 23.1. The van der Waals surface area contributed by atoms with Crippen molar-refractivity contribution < 1.29 is 4.79 Å². The van der Waals surface area contributed by atoms with Crippen molar-refractivity contribution in [1.82, 2.24) is 20.4 Å². The predicted octanol–water partition coefficient (Wildman–Crippen LogP) is 1.30. The molecule has 0 spiro atoms. The highest BCUT2D eigenvalue weighted by Crippen LogP contribution is 2.27. The van der Waals surface area contributed by atoms with Crippen LogP contribution < -0.4 is 10.6 Å². The molecule has 1 aliphatic rings. The SMILES string of the molecule is C#CCNC(=O)NC1CCCCC1n1cccn1. The van der Waals surface area contributed by atoms with Gasteiger partial charge in [-0.2, -0.15) is 5.10 Å². The summed E-state index contributed by atoms with van der Waals surface area (Å²) in [6.07, 6.45) is 13.2. The van der Waals surface area contributed by atoms with Crippen LogP contribution in [0.5, 0.6) is 0 Å². The third-order valence-corrected chi connectivity index (χ3v) is 3.26. The summed E-state index contributed by atoms with van der Waals surface area (Å²) in [7, 11) is 0. The smallest absolute Gasteiger partial charge is 0.315 e. The van der Waals surface area contributed by atoms with E-state index in [0.29, 0.717) is 0 Å². The summed E-state index contributed by atoms with van der Waals surface area (Å²) in [6.45, 7) is 0.255. The fraction of sp³-hybridized carbons (Fsp3) is 0.538. The van der Waals surface area contributed by atoms with E-state index < -0.39 is 0 Å². The lowest BCUT2D eigenvalue weighted by atomic mass is 9.90. The Kier molecular flexibility index (Phi) is 4.24. The van der Waals surface area contributed by atoms with Gasteiger partial charge in [0, 0.05) is 12.4 Å². The molecule has 5 heteroatoms. The number of nitrogens with one attached hydrogen (secondary N) is 2. The van der Waals surface area contributed by atoms with Gasteiger partial charge >= 0.3 is 6.03 Å². The number of nitrogens with zero attached hydrogens (tertiary/aromatic N) is 2. The first-order chi connectivity index (χ1) is 8.81. The van der Waals surface area contributed by atoms with Crippen LogP contribution in [0.25, 0.3) is 0 Å². The Morgan fingerprint density at radius 1 is 1.50 bits per heavy atom. The van der Waals surface area contributed by atoms with Gasteiger partial charge in [0.2, 0.25) is 0 Å². The summed E-state index contributed by atoms with van der Waals surface area (Å²) in [4.78, 5) is 11.6. The number of urea groups is 1. The molecule has 0 aromatic carbocycles. The van der Waals surface area contributed by atoms with E-state index >= 15 is 0 Å². The molecule has 0 saturated heterocycles. The van der Waals surface area contributed by atoms with E-state index in [1.54, 1.807) is 6.20 Å². The molecule has 1 heterocycles. The van der Waals surface area contributed by atoms with Gasteiger partial charge in [-0.25, -0.2) is 4.79 Å². The second-order valence-corrected chi connectivity index (χ2v) is 4.48. The fourth-order valence-electron chi connectivity index (χ4n) is 2.42. The molecule has 2 rings (SSSR count). The molecule has 96 valence electrons. The van der Waals surface area contributed by atoms with Crippen molar-refractivity contribution in [3.63, 3.8) is 0 Å². The Morgan fingerprint density at radius 2 is 2.33 bits per heavy atom. The van der Waals surface area contributed by atoms with Gasteiger partial charge in [0.1, 0.15) is 0 Å². The average molecular weight is 246 g/mol. The molecule has 1 aliphatic carbocycles. The molecule has 0 aliphatic heterocycles. The maximum Gasteiger partial charge on any atom is 0.315 e. The predicted molar refractivity (Wildman–Crippen MR) is 68.9 cm³/mol. The van der Waals surface area contributed by atoms with Crippen molar-refractivity contribution in [1.29, 1.82) is 0 Å². The molecule has 2 amide bonds. The standard InChI is InChI=1S/C13H18N4O/c1-2-8-14-13(18)16-11-6-3-4-7-12(11)17-10-5-9-15-17/h1,5,9-12H,3-4,6-8H2,(H2,14,16,18). The van der Waals surface area contributed by atoms with E-state index in [2.05, 4.69) is 21.7 Å². The van der Waals surface area contributed by atoms with Crippen molar-refractivity contribution in [2.75, 3.05) is 6.54 Å². The van der Waals surface area contributed by atoms with Gasteiger partial charge in [-0.15, -0.1) is 6.42 Å². The lowest BCUT2D eigenvalue weighted by Gasteiger charge is -2.32. The molecule has 2 unspecified atom stereocenters. The summed E-state index contributed by atoms with van der Waals surface area (Å²) in [5.41, 5.74) is 0. The Hall–Kier alpha value is -1.96. The van der Waals surface area contributed by atoms with Gasteiger partial charge in [0.25, 0.3) is 0 Å². The molecule has 0 bridgehead atoms. The highest BCUT2D eigenvalue weighted by molar-refractivity contribution is 5.74. The van der Waals surface area contributed by atoms with Crippen LogP contribution >= 0.6 is 0 Å². The lowest BCUT2D eigenvalue weighted by Crippen LogP contribution is -2.47. The molecule has 2 atom stereocenters. The number of terminal acetylenes is 1. The first-order valence-electron chi connectivity index (χ1n) is 6.28. The number of carbonyl (C=O) groups excluding carboxylic acids is 1. The highest BCUT2D eigenvalue weighted by atomic mass is 16.2. The summed E-state index contributed by atoms with van der Waals surface area (Å²) in [6, 6.07) is 2.07. The maximum atomic E-state index is 11.6. The van der Waals surface area contributed by atoms with Gasteiger partial charge in [0.15, 0.2) is 0 Å². The zero-order valence-electron chi connectivity index (χ0n) is 10.3. The van der Waals surface area contributed by atoms with E-state index in [9.17, 15) is 4.79 Å². The molecule has 5 nitrogen and oxygen atoms in total. The molecule has 1 saturated carbocycles. The molecule has 1 aromatic rings. The number of hydrogen-bond donors (Lipinski definition) is 2. The number of rotatable bonds is 3. The van der Waals surface area contributed by atoms with Crippen molar-refractivity contribution in [3.8, 4) is 12.3 Å². The summed E-state index contributed by atoms with van der Waals surface area (Å²) in [5, 5.41) is 9.89. The summed E-state index contributed by atoms with van der Waals surface area (Å²) >= 11 is 0. The van der Waals surface area contributed by atoms with Crippen LogP contribution in [0.4, 0.5) is 4.79 Å². The first kappa shape index (κ1) is 12.5. The van der Waals surface area contributed by atoms with Gasteiger partial charge in [0.05, 0.1) is 18.6 Å². The second kappa shape index (κ2) is 6.10. The highest BCUT2D eigenvalue weighted by Gasteiger charge is 2.27. The Bertz CT molecular complexity index is 421. The summed E-state index contributed by atoms with van der Waals surface area (Å²) in [5.74, 6) is 2.39. The van der Waals surface area contributed by atoms with Gasteiger partial charge in [-0.3, -0.25) is 4.68 Å². The zero-order chi connectivity index (χ0) is 12.8. The Labute approximate surface area is 107 Å². The number of aromatic nitrogens is 2. The fourth-order valence-corrected chi connectivity index (χ4v) is 2.42. The van der Waals surface area contributed by atoms with E-state index in [4.69, 9.17) is 6.42 Å². The van der Waals surface area contributed by atoms with Crippen LogP contribution in [-0.4, -0.2) is 28.4 Å². The van der Waals surface area contributed by atoms with Crippen LogP contribution in [-0.2, 0) is 0 Å². The van der Waals surface area contributed by atoms with Crippen molar-refractivity contribution in [2.45, 2.75) is 37.8 Å². The van der Waals surface area contributed by atoms with Crippen LogP contribution in [0, 0.1) is 12.3 Å². The minimum Gasteiger partial charge on any atom is -0.333 e. The average Bonchev–Trinajstić information content (AvgIpc) is 2.91. The van der Waals surface area contributed by atoms with E-state index in [0.717, 1.165) is 19.3 Å². The molecule has 1 fully saturated rings. The largest absolute Gasteiger partial charge is 0.333 e. The molecule has 0 radical (unpaired) electrons. The minimum atomic E-state index is -0.197. The van der Waals surface area contributed by atoms with Crippen molar-refractivity contribution in [3.05, 3.63) is 18.5 Å². The third-order valence-electron chi connectivity index (χ3n) is 3.26. The molecule has 18 heavy (non-hydrogen) atoms. The Morgan fingerprint density at radius 3 is 3.06 bits per heavy atom. The first-order valence-corrected chi connectivity index (χ1v) is 6.28. The summed E-state index contributed by atoms with van der Waals surface area (Å²) < 4.78 is 1.94. The molecule has 2 N–H and O–H groups in total. The quantitative estimate of drug-likeness (QED) is 0.790. The minimum absolute atomic E-state index is 0.122. The van der Waals surface area contributed by atoms with Crippen LogP contribution in [0.3, 0.4) is 0 Å². The van der Waals surface area contributed by atoms with E-state index in [1.807, 2.05) is 16.9 Å². The maximum absolute atomic E-state index is 11.6. The monoisotopic (exact) mass is 246 g/mol. The molecular formula is C13H18N4O. The van der Waals surface area contributed by atoms with E-state index in [-0.39, 0.29) is 24.7 Å². The molecular weight excluding hydrogens is 228 g/mol. The van der Waals surface area contributed by atoms with Gasteiger partial charge in [-0.1, -0.05) is 18.8 Å². The topological polar surface area (TPSA) is 59.0 Å². The lowest BCUT2D eigenvalue weighted by molar-refractivity contribution is 0.215. The van der Waals surface area contributed by atoms with Crippen molar-refractivity contribution in [2.24, 2.45) is 0 Å². The third kappa shape index (κ3) is 3.04. The second-order valence-electron chi connectivity index (χ2n) is 4.48. The van der Waals surface area contributed by atoms with Crippen LogP contribution in [0.1, 0.15) is 31.7 Å². The van der Waals surface area contributed by atoms with Crippen molar-refractivity contribution >= 4 is 6.03 Å². The van der Waals surface area contributed by atoms with Crippen LogP contribution in [0.15, 0.2) is 18.5 Å². The number of amides is 2. The van der Waals surface area contributed by atoms with Gasteiger partial charge in [-0.05, 0) is 18.9 Å². The number of hydrogen-bond acceptors (Lipinski definition) is 2.